The Labute approximate surface area is 195 Å². The van der Waals surface area contributed by atoms with Crippen molar-refractivity contribution in [2.24, 2.45) is 0 Å². The smallest absolute Gasteiger partial charge is 0.187 e. The monoisotopic (exact) mass is 449 g/mol. The fourth-order valence-corrected chi connectivity index (χ4v) is 3.55. The molecule has 0 spiro atoms. The Kier molecular flexibility index (Phi) is 8.09. The molecule has 3 rings (SSSR count). The van der Waals surface area contributed by atoms with Gasteiger partial charge in [0.1, 0.15) is 18.1 Å². The molecule has 0 saturated heterocycles. The quantitative estimate of drug-likeness (QED) is 0.289. The highest BCUT2D eigenvalue weighted by atomic mass is 35.5. The van der Waals surface area contributed by atoms with Crippen LogP contribution in [0.3, 0.4) is 0 Å². The van der Waals surface area contributed by atoms with Crippen LogP contribution in [0.2, 0.25) is 5.02 Å². The van der Waals surface area contributed by atoms with Gasteiger partial charge in [-0.2, -0.15) is 0 Å². The standard InChI is InChI=1S/C27H28ClNO3/c1-19-7-5-6-8-23(19)20-10-14-27(32-16-15-29(2)3)21(17-20)9-13-26(30)24-12-11-22(31-4)18-25(24)28/h5-14,17-18H,15-16H2,1-4H3. The maximum absolute atomic E-state index is 12.8. The van der Waals surface area contributed by atoms with Crippen LogP contribution in [0.1, 0.15) is 21.5 Å². The van der Waals surface area contributed by atoms with E-state index in [1.165, 1.54) is 11.6 Å². The van der Waals surface area contributed by atoms with E-state index in [9.17, 15) is 4.79 Å². The zero-order chi connectivity index (χ0) is 23.1. The van der Waals surface area contributed by atoms with Crippen molar-refractivity contribution in [2.75, 3.05) is 34.4 Å². The predicted octanol–water partition coefficient (Wildman–Crippen LogP) is 6.16. The van der Waals surface area contributed by atoms with Crippen LogP contribution in [0, 0.1) is 6.92 Å². The number of carbonyl (C=O) groups excluding carboxylic acids is 1. The summed E-state index contributed by atoms with van der Waals surface area (Å²) in [4.78, 5) is 14.9. The van der Waals surface area contributed by atoms with E-state index >= 15 is 0 Å². The second-order valence-electron chi connectivity index (χ2n) is 7.76. The molecule has 0 atom stereocenters. The summed E-state index contributed by atoms with van der Waals surface area (Å²) in [5, 5.41) is 0.357. The molecule has 166 valence electrons. The van der Waals surface area contributed by atoms with Gasteiger partial charge < -0.3 is 14.4 Å². The lowest BCUT2D eigenvalue weighted by atomic mass is 9.98. The highest BCUT2D eigenvalue weighted by Crippen LogP contribution is 2.30. The van der Waals surface area contributed by atoms with Crippen LogP contribution in [-0.2, 0) is 0 Å². The van der Waals surface area contributed by atoms with Crippen molar-refractivity contribution in [3.63, 3.8) is 0 Å². The second-order valence-corrected chi connectivity index (χ2v) is 8.17. The number of methoxy groups -OCH3 is 1. The van der Waals surface area contributed by atoms with Crippen LogP contribution in [-0.4, -0.2) is 45.0 Å². The molecule has 32 heavy (non-hydrogen) atoms. The van der Waals surface area contributed by atoms with Crippen LogP contribution in [0.15, 0.2) is 66.7 Å². The number of nitrogens with zero attached hydrogens (tertiary/aromatic N) is 1. The third-order valence-electron chi connectivity index (χ3n) is 5.12. The van der Waals surface area contributed by atoms with E-state index in [1.807, 2.05) is 44.4 Å². The van der Waals surface area contributed by atoms with Crippen molar-refractivity contribution in [3.05, 3.63) is 88.5 Å². The van der Waals surface area contributed by atoms with Crippen LogP contribution in [0.5, 0.6) is 11.5 Å². The number of halogens is 1. The van der Waals surface area contributed by atoms with Gasteiger partial charge in [0.05, 0.1) is 12.1 Å². The molecular formula is C27H28ClNO3. The largest absolute Gasteiger partial charge is 0.497 e. The number of carbonyl (C=O) groups is 1. The fraction of sp³-hybridized carbons (Fsp3) is 0.222. The van der Waals surface area contributed by atoms with Crippen molar-refractivity contribution in [1.29, 1.82) is 0 Å². The Bertz CT molecular complexity index is 1120. The third kappa shape index (κ3) is 6.00. The average Bonchev–Trinajstić information content (AvgIpc) is 2.78. The van der Waals surface area contributed by atoms with Gasteiger partial charge in [-0.05, 0) is 80.2 Å². The average molecular weight is 450 g/mol. The molecule has 0 amide bonds. The Morgan fingerprint density at radius 1 is 1.06 bits per heavy atom. The molecule has 3 aromatic rings. The van der Waals surface area contributed by atoms with Crippen molar-refractivity contribution in [1.82, 2.24) is 4.90 Å². The maximum atomic E-state index is 12.8. The van der Waals surface area contributed by atoms with E-state index in [0.29, 0.717) is 22.9 Å². The summed E-state index contributed by atoms with van der Waals surface area (Å²) in [5.41, 5.74) is 4.66. The van der Waals surface area contributed by atoms with E-state index in [1.54, 1.807) is 31.4 Å². The minimum Gasteiger partial charge on any atom is -0.497 e. The molecule has 0 N–H and O–H groups in total. The Hall–Kier alpha value is -3.08. The summed E-state index contributed by atoms with van der Waals surface area (Å²) in [5.74, 6) is 1.16. The SMILES string of the molecule is COc1ccc(C(=O)C=Cc2cc(-c3ccccc3C)ccc2OCCN(C)C)c(Cl)c1. The van der Waals surface area contributed by atoms with Crippen molar-refractivity contribution < 1.29 is 14.3 Å². The zero-order valence-corrected chi connectivity index (χ0v) is 19.6. The molecule has 0 radical (unpaired) electrons. The number of allylic oxidation sites excluding steroid dienone is 1. The van der Waals surface area contributed by atoms with Crippen molar-refractivity contribution in [3.8, 4) is 22.6 Å². The Morgan fingerprint density at radius 2 is 1.84 bits per heavy atom. The van der Waals surface area contributed by atoms with Crippen LogP contribution in [0.4, 0.5) is 0 Å². The third-order valence-corrected chi connectivity index (χ3v) is 5.43. The van der Waals surface area contributed by atoms with Gasteiger partial charge in [-0.1, -0.05) is 41.9 Å². The minimum absolute atomic E-state index is 0.182. The molecule has 0 aliphatic rings. The van der Waals surface area contributed by atoms with E-state index in [0.717, 1.165) is 29.0 Å². The van der Waals surface area contributed by atoms with Crippen molar-refractivity contribution in [2.45, 2.75) is 6.92 Å². The first-order chi connectivity index (χ1) is 15.4. The van der Waals surface area contributed by atoms with Crippen LogP contribution in [0.25, 0.3) is 17.2 Å². The van der Waals surface area contributed by atoms with E-state index in [-0.39, 0.29) is 5.78 Å². The van der Waals surface area contributed by atoms with Gasteiger partial charge in [-0.25, -0.2) is 0 Å². The summed E-state index contributed by atoms with van der Waals surface area (Å²) >= 11 is 6.27. The maximum Gasteiger partial charge on any atom is 0.187 e. The lowest BCUT2D eigenvalue weighted by molar-refractivity contribution is 0.104. The first-order valence-electron chi connectivity index (χ1n) is 10.4. The summed E-state index contributed by atoms with van der Waals surface area (Å²) in [6.07, 6.45) is 3.32. The van der Waals surface area contributed by atoms with Gasteiger partial charge in [-0.3, -0.25) is 4.79 Å². The van der Waals surface area contributed by atoms with Gasteiger partial charge in [0.25, 0.3) is 0 Å². The lowest BCUT2D eigenvalue weighted by Gasteiger charge is -2.14. The number of likely N-dealkylation sites (N-methyl/N-ethyl adjacent to an activating group) is 1. The second kappa shape index (κ2) is 11.0. The molecule has 3 aromatic carbocycles. The summed E-state index contributed by atoms with van der Waals surface area (Å²) in [6.45, 7) is 3.43. The van der Waals surface area contributed by atoms with Gasteiger partial charge in [0.2, 0.25) is 0 Å². The number of rotatable bonds is 9. The molecule has 0 bridgehead atoms. The highest BCUT2D eigenvalue weighted by Gasteiger charge is 2.11. The molecule has 4 nitrogen and oxygen atoms in total. The Balaban J connectivity index is 1.93. The van der Waals surface area contributed by atoms with Gasteiger partial charge in [0.15, 0.2) is 5.78 Å². The molecule has 0 aliphatic carbocycles. The number of ether oxygens (including phenoxy) is 2. The van der Waals surface area contributed by atoms with Crippen molar-refractivity contribution >= 4 is 23.5 Å². The van der Waals surface area contributed by atoms with E-state index in [2.05, 4.69) is 24.0 Å². The van der Waals surface area contributed by atoms with Gasteiger partial charge in [0, 0.05) is 17.7 Å². The van der Waals surface area contributed by atoms with Gasteiger partial charge in [-0.15, -0.1) is 0 Å². The summed E-state index contributed by atoms with van der Waals surface area (Å²) in [7, 11) is 5.57. The van der Waals surface area contributed by atoms with Crippen LogP contribution >= 0.6 is 11.6 Å². The lowest BCUT2D eigenvalue weighted by Crippen LogP contribution is -2.19. The minimum atomic E-state index is -0.182. The molecule has 0 aromatic heterocycles. The summed E-state index contributed by atoms with van der Waals surface area (Å²) in [6, 6.07) is 19.3. The normalized spacial score (nSPS) is 11.2. The Morgan fingerprint density at radius 3 is 2.53 bits per heavy atom. The number of aryl methyl sites for hydroxylation is 1. The van der Waals surface area contributed by atoms with E-state index in [4.69, 9.17) is 21.1 Å². The molecule has 5 heteroatoms. The summed E-state index contributed by atoms with van der Waals surface area (Å²) < 4.78 is 11.2. The van der Waals surface area contributed by atoms with Gasteiger partial charge >= 0.3 is 0 Å². The van der Waals surface area contributed by atoms with E-state index < -0.39 is 0 Å². The first kappa shape index (κ1) is 23.6. The van der Waals surface area contributed by atoms with Crippen LogP contribution < -0.4 is 9.47 Å². The first-order valence-corrected chi connectivity index (χ1v) is 10.8. The molecule has 0 fully saturated rings. The number of hydrogen-bond donors (Lipinski definition) is 0. The predicted molar refractivity (Wildman–Crippen MR) is 132 cm³/mol. The zero-order valence-electron chi connectivity index (χ0n) is 18.9. The number of benzene rings is 3. The molecule has 0 aliphatic heterocycles. The fourth-order valence-electron chi connectivity index (χ4n) is 3.29. The molecule has 0 unspecified atom stereocenters. The molecular weight excluding hydrogens is 422 g/mol. The topological polar surface area (TPSA) is 38.8 Å². The number of hydrogen-bond acceptors (Lipinski definition) is 4. The number of ketones is 1. The highest BCUT2D eigenvalue weighted by molar-refractivity contribution is 6.34. The molecule has 0 saturated carbocycles. The molecule has 0 heterocycles.